The summed E-state index contributed by atoms with van der Waals surface area (Å²) in [5.74, 6) is 0.0459. The predicted octanol–water partition coefficient (Wildman–Crippen LogP) is 6.18. The molecule has 0 spiro atoms. The van der Waals surface area contributed by atoms with Crippen LogP contribution in [0.3, 0.4) is 0 Å². The quantitative estimate of drug-likeness (QED) is 0.393. The van der Waals surface area contributed by atoms with Gasteiger partial charge >= 0.3 is 0 Å². The number of benzene rings is 2. The van der Waals surface area contributed by atoms with Gasteiger partial charge in [-0.15, -0.1) is 11.3 Å². The monoisotopic (exact) mass is 435 g/mol. The fourth-order valence-corrected chi connectivity index (χ4v) is 3.86. The maximum atomic E-state index is 12.7. The van der Waals surface area contributed by atoms with Gasteiger partial charge in [-0.3, -0.25) is 4.79 Å². The third-order valence-electron chi connectivity index (χ3n) is 4.31. The Hall–Kier alpha value is -3.22. The maximum absolute atomic E-state index is 12.7. The Bertz CT molecular complexity index is 1180. The van der Waals surface area contributed by atoms with E-state index in [0.717, 1.165) is 21.8 Å². The van der Waals surface area contributed by atoms with Crippen LogP contribution in [0.5, 0.6) is 5.88 Å². The van der Waals surface area contributed by atoms with Gasteiger partial charge in [0.05, 0.1) is 12.3 Å². The first kappa shape index (κ1) is 20.1. The Labute approximate surface area is 183 Å². The molecule has 30 heavy (non-hydrogen) atoms. The molecule has 1 amide bonds. The topological polar surface area (TPSA) is 64.1 Å². The summed E-state index contributed by atoms with van der Waals surface area (Å²) in [5, 5.41) is 6.52. The maximum Gasteiger partial charge on any atom is 0.261 e. The van der Waals surface area contributed by atoms with Gasteiger partial charge in [0.25, 0.3) is 5.91 Å². The number of hydrogen-bond acceptors (Lipinski definition) is 5. The van der Waals surface area contributed by atoms with Crippen molar-refractivity contribution >= 4 is 34.5 Å². The zero-order valence-corrected chi connectivity index (χ0v) is 17.7. The zero-order valence-electron chi connectivity index (χ0n) is 16.1. The molecule has 5 nitrogen and oxygen atoms in total. The van der Waals surface area contributed by atoms with E-state index in [1.807, 2.05) is 60.8 Å². The summed E-state index contributed by atoms with van der Waals surface area (Å²) in [6, 6.07) is 18.6. The highest BCUT2D eigenvalue weighted by atomic mass is 35.5. The highest BCUT2D eigenvalue weighted by Crippen LogP contribution is 2.30. The summed E-state index contributed by atoms with van der Waals surface area (Å²) in [6.45, 7) is 2.29. The molecule has 2 heterocycles. The van der Waals surface area contributed by atoms with Crippen molar-refractivity contribution in [2.75, 3.05) is 11.9 Å². The predicted molar refractivity (Wildman–Crippen MR) is 121 cm³/mol. The highest BCUT2D eigenvalue weighted by molar-refractivity contribution is 7.13. The Balaban J connectivity index is 1.55. The van der Waals surface area contributed by atoms with Crippen LogP contribution in [0.4, 0.5) is 5.69 Å². The van der Waals surface area contributed by atoms with E-state index in [1.54, 1.807) is 29.7 Å². The second-order valence-corrected chi connectivity index (χ2v) is 7.66. The van der Waals surface area contributed by atoms with Crippen LogP contribution in [-0.2, 0) is 0 Å². The SMILES string of the molecule is CCOc1ncccc1C(=O)Nc1cccc(-c2csc(-c3ccc(Cl)cc3)n2)c1. The first-order valence-electron chi connectivity index (χ1n) is 9.35. The lowest BCUT2D eigenvalue weighted by Crippen LogP contribution is -2.14. The third-order valence-corrected chi connectivity index (χ3v) is 5.45. The lowest BCUT2D eigenvalue weighted by Gasteiger charge is -2.10. The molecule has 4 rings (SSSR count). The van der Waals surface area contributed by atoms with Gasteiger partial charge in [0.2, 0.25) is 5.88 Å². The van der Waals surface area contributed by atoms with E-state index in [9.17, 15) is 4.79 Å². The van der Waals surface area contributed by atoms with Crippen LogP contribution in [0.15, 0.2) is 72.2 Å². The number of amides is 1. The number of thiazole rings is 1. The van der Waals surface area contributed by atoms with Gasteiger partial charge in [-0.05, 0) is 43.3 Å². The average molecular weight is 436 g/mol. The minimum absolute atomic E-state index is 0.274. The smallest absolute Gasteiger partial charge is 0.261 e. The van der Waals surface area contributed by atoms with Crippen molar-refractivity contribution in [1.29, 1.82) is 0 Å². The number of aromatic nitrogens is 2. The summed E-state index contributed by atoms with van der Waals surface area (Å²) in [5.41, 5.74) is 3.84. The summed E-state index contributed by atoms with van der Waals surface area (Å²) < 4.78 is 5.45. The van der Waals surface area contributed by atoms with Crippen molar-refractivity contribution in [2.45, 2.75) is 6.92 Å². The molecule has 0 atom stereocenters. The number of pyridine rings is 1. The van der Waals surface area contributed by atoms with Gasteiger partial charge in [0.15, 0.2) is 0 Å². The largest absolute Gasteiger partial charge is 0.477 e. The second kappa shape index (κ2) is 9.07. The van der Waals surface area contributed by atoms with Crippen LogP contribution in [0.2, 0.25) is 5.02 Å². The van der Waals surface area contributed by atoms with Crippen LogP contribution < -0.4 is 10.1 Å². The fraction of sp³-hybridized carbons (Fsp3) is 0.0870. The summed E-state index contributed by atoms with van der Waals surface area (Å²) in [4.78, 5) is 21.6. The lowest BCUT2D eigenvalue weighted by molar-refractivity contribution is 0.102. The number of ether oxygens (including phenoxy) is 1. The minimum atomic E-state index is -0.274. The van der Waals surface area contributed by atoms with Crippen molar-refractivity contribution in [3.05, 3.63) is 82.8 Å². The molecule has 0 unspecified atom stereocenters. The molecule has 0 aliphatic carbocycles. The van der Waals surface area contributed by atoms with Crippen LogP contribution >= 0.6 is 22.9 Å². The van der Waals surface area contributed by atoms with Crippen molar-refractivity contribution < 1.29 is 9.53 Å². The molecule has 2 aromatic heterocycles. The van der Waals surface area contributed by atoms with Crippen molar-refractivity contribution in [2.24, 2.45) is 0 Å². The van der Waals surface area contributed by atoms with E-state index in [0.29, 0.717) is 28.8 Å². The zero-order chi connectivity index (χ0) is 20.9. The third kappa shape index (κ3) is 4.50. The van der Waals surface area contributed by atoms with Gasteiger partial charge in [-0.25, -0.2) is 9.97 Å². The number of halogens is 1. The number of nitrogens with one attached hydrogen (secondary N) is 1. The molecule has 4 aromatic rings. The van der Waals surface area contributed by atoms with Crippen LogP contribution in [0, 0.1) is 0 Å². The molecule has 0 radical (unpaired) electrons. The molecule has 0 bridgehead atoms. The number of anilines is 1. The Kier molecular flexibility index (Phi) is 6.07. The van der Waals surface area contributed by atoms with Gasteiger partial charge in [-0.2, -0.15) is 0 Å². The summed E-state index contributed by atoms with van der Waals surface area (Å²) in [7, 11) is 0. The van der Waals surface area contributed by atoms with Gasteiger partial charge in [0, 0.05) is 33.4 Å². The molecule has 150 valence electrons. The van der Waals surface area contributed by atoms with E-state index in [-0.39, 0.29) is 5.91 Å². The van der Waals surface area contributed by atoms with Crippen molar-refractivity contribution in [3.8, 4) is 27.7 Å². The standard InChI is InChI=1S/C23H18ClN3O2S/c1-2-29-22-19(7-4-12-25-22)21(28)26-18-6-3-5-16(13-18)20-14-30-23(27-20)15-8-10-17(24)11-9-15/h3-14H,2H2,1H3,(H,26,28). The Morgan fingerprint density at radius 1 is 1.10 bits per heavy atom. The van der Waals surface area contributed by atoms with Crippen LogP contribution in [0.1, 0.15) is 17.3 Å². The number of carbonyl (C=O) groups is 1. The molecule has 0 saturated heterocycles. The van der Waals surface area contributed by atoms with E-state index < -0.39 is 0 Å². The molecule has 7 heteroatoms. The number of carbonyl (C=O) groups excluding carboxylic acids is 1. The minimum Gasteiger partial charge on any atom is -0.477 e. The van der Waals surface area contributed by atoms with E-state index in [4.69, 9.17) is 21.3 Å². The molecular weight excluding hydrogens is 418 g/mol. The molecular formula is C23H18ClN3O2S. The van der Waals surface area contributed by atoms with E-state index in [2.05, 4.69) is 10.3 Å². The first-order chi connectivity index (χ1) is 14.6. The van der Waals surface area contributed by atoms with Crippen LogP contribution in [0.25, 0.3) is 21.8 Å². The number of rotatable bonds is 6. The normalized spacial score (nSPS) is 10.6. The van der Waals surface area contributed by atoms with Crippen molar-refractivity contribution in [3.63, 3.8) is 0 Å². The van der Waals surface area contributed by atoms with Gasteiger partial charge < -0.3 is 10.1 Å². The molecule has 2 aromatic carbocycles. The summed E-state index contributed by atoms with van der Waals surface area (Å²) >= 11 is 7.53. The van der Waals surface area contributed by atoms with Crippen LogP contribution in [-0.4, -0.2) is 22.5 Å². The average Bonchev–Trinajstić information content (AvgIpc) is 3.25. The molecule has 1 N–H and O–H groups in total. The van der Waals surface area contributed by atoms with Gasteiger partial charge in [0.1, 0.15) is 10.6 Å². The molecule has 0 aliphatic rings. The van der Waals surface area contributed by atoms with Crippen molar-refractivity contribution in [1.82, 2.24) is 9.97 Å². The summed E-state index contributed by atoms with van der Waals surface area (Å²) in [6.07, 6.45) is 1.60. The highest BCUT2D eigenvalue weighted by Gasteiger charge is 2.14. The molecule has 0 aliphatic heterocycles. The fourth-order valence-electron chi connectivity index (χ4n) is 2.90. The Morgan fingerprint density at radius 2 is 1.93 bits per heavy atom. The first-order valence-corrected chi connectivity index (χ1v) is 10.6. The van der Waals surface area contributed by atoms with E-state index in [1.165, 1.54) is 0 Å². The number of nitrogens with zero attached hydrogens (tertiary/aromatic N) is 2. The Morgan fingerprint density at radius 3 is 2.73 bits per heavy atom. The lowest BCUT2D eigenvalue weighted by atomic mass is 10.1. The molecule has 0 saturated carbocycles. The second-order valence-electron chi connectivity index (χ2n) is 6.37. The van der Waals surface area contributed by atoms with Gasteiger partial charge in [-0.1, -0.05) is 35.9 Å². The number of hydrogen-bond donors (Lipinski definition) is 1. The van der Waals surface area contributed by atoms with E-state index >= 15 is 0 Å². The molecule has 0 fully saturated rings.